The molecule has 0 aliphatic carbocycles. The molecular formula is C59H98O6. The molecule has 0 aromatic carbocycles. The van der Waals surface area contributed by atoms with Crippen molar-refractivity contribution in [3.63, 3.8) is 0 Å². The lowest BCUT2D eigenvalue weighted by Crippen LogP contribution is -2.30. The highest BCUT2D eigenvalue weighted by atomic mass is 16.6. The van der Waals surface area contributed by atoms with Gasteiger partial charge in [-0.3, -0.25) is 14.4 Å². The van der Waals surface area contributed by atoms with E-state index in [0.29, 0.717) is 12.8 Å². The molecule has 1 atom stereocenters. The molecule has 0 N–H and O–H groups in total. The van der Waals surface area contributed by atoms with Gasteiger partial charge in [0.15, 0.2) is 6.10 Å². The molecule has 0 saturated heterocycles. The molecule has 0 aromatic rings. The van der Waals surface area contributed by atoms with E-state index in [-0.39, 0.29) is 37.5 Å². The molecule has 0 saturated carbocycles. The number of allylic oxidation sites excluding steroid dienone is 16. The number of hydrogen-bond donors (Lipinski definition) is 0. The Hall–Kier alpha value is -3.67. The standard InChI is InChI=1S/C59H98O6/c1-4-7-10-13-16-19-22-25-27-28-29-30-32-35-38-41-44-47-50-53-59(62)65-56(54-63-57(60)51-48-45-42-39-36-33-24-21-18-15-12-9-6-3)55-64-58(61)52-49-46-43-40-37-34-31-26-23-20-17-14-11-8-5-2/h7,10,16-17,19-21,24-27,29-31,35,38,56H,4-6,8-9,11-15,18,22-23,28,32-34,36-37,39-55H2,1-3H3/b10-7-,19-16-,20-17-,24-21-,27-25-,30-29-,31-26-,38-35-/t56-/m0/s1. The van der Waals surface area contributed by atoms with Gasteiger partial charge in [0.05, 0.1) is 0 Å². The first-order valence-electron chi connectivity index (χ1n) is 26.7. The molecule has 0 heterocycles. The molecule has 0 rings (SSSR count). The largest absolute Gasteiger partial charge is 0.462 e. The summed E-state index contributed by atoms with van der Waals surface area (Å²) in [6, 6.07) is 0. The minimum absolute atomic E-state index is 0.101. The Kier molecular flexibility index (Phi) is 50.0. The van der Waals surface area contributed by atoms with Gasteiger partial charge in [0.1, 0.15) is 13.2 Å². The molecule has 6 nitrogen and oxygen atoms in total. The zero-order valence-electron chi connectivity index (χ0n) is 42.2. The van der Waals surface area contributed by atoms with E-state index in [0.717, 1.165) is 135 Å². The second kappa shape index (κ2) is 52.9. The van der Waals surface area contributed by atoms with Gasteiger partial charge in [0.2, 0.25) is 0 Å². The lowest BCUT2D eigenvalue weighted by Gasteiger charge is -2.18. The van der Waals surface area contributed by atoms with Gasteiger partial charge >= 0.3 is 17.9 Å². The number of carbonyl (C=O) groups is 3. The number of unbranched alkanes of at least 4 members (excludes halogenated alkanes) is 20. The van der Waals surface area contributed by atoms with E-state index < -0.39 is 6.10 Å². The predicted molar refractivity (Wildman–Crippen MR) is 279 cm³/mol. The quantitative estimate of drug-likeness (QED) is 0.0262. The third-order valence-electron chi connectivity index (χ3n) is 11.0. The summed E-state index contributed by atoms with van der Waals surface area (Å²) in [4.78, 5) is 38.0. The van der Waals surface area contributed by atoms with Gasteiger partial charge in [-0.25, -0.2) is 0 Å². The Balaban J connectivity index is 4.50. The smallest absolute Gasteiger partial charge is 0.306 e. The van der Waals surface area contributed by atoms with Crippen LogP contribution in [0.5, 0.6) is 0 Å². The first-order valence-corrected chi connectivity index (χ1v) is 26.7. The molecule has 0 fully saturated rings. The average molecular weight is 903 g/mol. The Morgan fingerprint density at radius 2 is 0.600 bits per heavy atom. The van der Waals surface area contributed by atoms with Crippen LogP contribution in [0.25, 0.3) is 0 Å². The molecule has 0 radical (unpaired) electrons. The van der Waals surface area contributed by atoms with Crippen LogP contribution in [-0.2, 0) is 28.6 Å². The SMILES string of the molecule is CC/C=C\C/C=C\C/C=C\C/C=C\C/C=C\CCCCCC(=O)O[C@H](COC(=O)CCCCCCC/C=C\C/C=C\CCCCC)COC(=O)CCCCCCC/C=C\CCCCCC. The van der Waals surface area contributed by atoms with Crippen molar-refractivity contribution in [3.05, 3.63) is 97.2 Å². The van der Waals surface area contributed by atoms with Crippen LogP contribution in [0, 0.1) is 0 Å². The van der Waals surface area contributed by atoms with Crippen molar-refractivity contribution in [2.75, 3.05) is 13.2 Å². The number of esters is 3. The van der Waals surface area contributed by atoms with E-state index in [9.17, 15) is 14.4 Å². The average Bonchev–Trinajstić information content (AvgIpc) is 3.30. The fourth-order valence-corrected chi connectivity index (χ4v) is 7.02. The highest BCUT2D eigenvalue weighted by Crippen LogP contribution is 2.13. The van der Waals surface area contributed by atoms with E-state index in [1.165, 1.54) is 64.2 Å². The van der Waals surface area contributed by atoms with Gasteiger partial charge < -0.3 is 14.2 Å². The van der Waals surface area contributed by atoms with Crippen LogP contribution < -0.4 is 0 Å². The van der Waals surface area contributed by atoms with Crippen molar-refractivity contribution in [3.8, 4) is 0 Å². The van der Waals surface area contributed by atoms with Gasteiger partial charge in [-0.15, -0.1) is 0 Å². The topological polar surface area (TPSA) is 78.9 Å². The minimum Gasteiger partial charge on any atom is -0.462 e. The summed E-state index contributed by atoms with van der Waals surface area (Å²) < 4.78 is 16.8. The fraction of sp³-hybridized carbons (Fsp3) is 0.678. The van der Waals surface area contributed by atoms with Crippen molar-refractivity contribution in [1.82, 2.24) is 0 Å². The molecule has 0 aromatic heterocycles. The van der Waals surface area contributed by atoms with Crippen LogP contribution in [0.2, 0.25) is 0 Å². The Morgan fingerprint density at radius 3 is 1.00 bits per heavy atom. The Bertz CT molecular complexity index is 1310. The maximum Gasteiger partial charge on any atom is 0.306 e. The maximum absolute atomic E-state index is 12.8. The van der Waals surface area contributed by atoms with Gasteiger partial charge in [-0.05, 0) is 122 Å². The summed E-state index contributed by atoms with van der Waals surface area (Å²) >= 11 is 0. The fourth-order valence-electron chi connectivity index (χ4n) is 7.02. The van der Waals surface area contributed by atoms with E-state index in [4.69, 9.17) is 14.2 Å². The second-order valence-corrected chi connectivity index (χ2v) is 17.4. The highest BCUT2D eigenvalue weighted by Gasteiger charge is 2.19. The lowest BCUT2D eigenvalue weighted by atomic mass is 10.1. The number of hydrogen-bond acceptors (Lipinski definition) is 6. The molecule has 0 spiro atoms. The summed E-state index contributed by atoms with van der Waals surface area (Å²) in [7, 11) is 0. The van der Waals surface area contributed by atoms with Crippen molar-refractivity contribution in [2.45, 2.75) is 245 Å². The van der Waals surface area contributed by atoms with Gasteiger partial charge in [-0.1, -0.05) is 195 Å². The first-order chi connectivity index (χ1) is 32.0. The number of rotatable bonds is 47. The zero-order valence-corrected chi connectivity index (χ0v) is 42.2. The molecule has 0 unspecified atom stereocenters. The summed E-state index contributed by atoms with van der Waals surface area (Å²) in [5.41, 5.74) is 0. The van der Waals surface area contributed by atoms with Crippen molar-refractivity contribution >= 4 is 17.9 Å². The van der Waals surface area contributed by atoms with Gasteiger partial charge in [0.25, 0.3) is 0 Å². The predicted octanol–water partition coefficient (Wildman–Crippen LogP) is 17.8. The monoisotopic (exact) mass is 903 g/mol. The summed E-state index contributed by atoms with van der Waals surface area (Å²) in [5.74, 6) is -0.957. The van der Waals surface area contributed by atoms with Crippen LogP contribution in [0.3, 0.4) is 0 Å². The third-order valence-corrected chi connectivity index (χ3v) is 11.0. The van der Waals surface area contributed by atoms with Crippen LogP contribution in [0.4, 0.5) is 0 Å². The molecule has 65 heavy (non-hydrogen) atoms. The summed E-state index contributed by atoms with van der Waals surface area (Å²) in [6.07, 6.45) is 69.6. The molecule has 370 valence electrons. The Morgan fingerprint density at radius 1 is 0.323 bits per heavy atom. The van der Waals surface area contributed by atoms with E-state index in [2.05, 4.69) is 118 Å². The van der Waals surface area contributed by atoms with Crippen LogP contribution in [0.15, 0.2) is 97.2 Å². The van der Waals surface area contributed by atoms with Crippen LogP contribution in [0.1, 0.15) is 239 Å². The van der Waals surface area contributed by atoms with Crippen molar-refractivity contribution < 1.29 is 28.6 Å². The summed E-state index contributed by atoms with van der Waals surface area (Å²) in [6.45, 7) is 6.43. The Labute approximate surface area is 400 Å². The van der Waals surface area contributed by atoms with E-state index >= 15 is 0 Å². The molecule has 0 amide bonds. The molecule has 0 aliphatic rings. The lowest BCUT2D eigenvalue weighted by molar-refractivity contribution is -0.167. The first kappa shape index (κ1) is 61.3. The normalized spacial score (nSPS) is 12.8. The van der Waals surface area contributed by atoms with Gasteiger partial charge in [0, 0.05) is 19.3 Å². The van der Waals surface area contributed by atoms with E-state index in [1.54, 1.807) is 0 Å². The number of ether oxygens (including phenoxy) is 3. The van der Waals surface area contributed by atoms with Crippen LogP contribution >= 0.6 is 0 Å². The zero-order chi connectivity index (χ0) is 47.2. The van der Waals surface area contributed by atoms with E-state index in [1.807, 2.05) is 0 Å². The van der Waals surface area contributed by atoms with Gasteiger partial charge in [-0.2, -0.15) is 0 Å². The third kappa shape index (κ3) is 51.2. The van der Waals surface area contributed by atoms with Crippen molar-refractivity contribution in [1.29, 1.82) is 0 Å². The molecular weight excluding hydrogens is 805 g/mol. The number of carbonyl (C=O) groups excluding carboxylic acids is 3. The molecule has 6 heteroatoms. The van der Waals surface area contributed by atoms with Crippen molar-refractivity contribution in [2.24, 2.45) is 0 Å². The second-order valence-electron chi connectivity index (χ2n) is 17.4. The molecule has 0 bridgehead atoms. The van der Waals surface area contributed by atoms with Crippen LogP contribution in [-0.4, -0.2) is 37.2 Å². The summed E-state index contributed by atoms with van der Waals surface area (Å²) in [5, 5.41) is 0. The highest BCUT2D eigenvalue weighted by molar-refractivity contribution is 5.71. The minimum atomic E-state index is -0.805. The maximum atomic E-state index is 12.8. The molecule has 0 aliphatic heterocycles.